The normalized spacial score (nSPS) is 24.0. The summed E-state index contributed by atoms with van der Waals surface area (Å²) in [4.78, 5) is 18.4. The highest BCUT2D eigenvalue weighted by molar-refractivity contribution is 5.93. The summed E-state index contributed by atoms with van der Waals surface area (Å²) in [6.07, 6.45) is 5.09. The van der Waals surface area contributed by atoms with E-state index in [1.54, 1.807) is 11.7 Å². The molecule has 3 aliphatic rings. The van der Waals surface area contributed by atoms with E-state index in [-0.39, 0.29) is 0 Å². The summed E-state index contributed by atoms with van der Waals surface area (Å²) in [5.41, 5.74) is 4.89. The van der Waals surface area contributed by atoms with Crippen molar-refractivity contribution in [1.82, 2.24) is 20.7 Å². The summed E-state index contributed by atoms with van der Waals surface area (Å²) in [6, 6.07) is 2.55. The predicted octanol–water partition coefficient (Wildman–Crippen LogP) is 0.311. The Bertz CT molecular complexity index is 577. The number of rotatable bonds is 2. The number of nitrogens with zero attached hydrogens (tertiary/aromatic N) is 2. The molecule has 2 aliphatic heterocycles. The molecule has 1 amide bonds. The molecule has 3 N–H and O–H groups in total. The van der Waals surface area contributed by atoms with Crippen molar-refractivity contribution in [3.8, 4) is 0 Å². The number of hydrogen-bond donors (Lipinski definition) is 3. The lowest BCUT2D eigenvalue weighted by Crippen LogP contribution is -2.65. The lowest BCUT2D eigenvalue weighted by molar-refractivity contribution is -0.0413. The first-order valence-corrected chi connectivity index (χ1v) is 7.56. The molecule has 0 bridgehead atoms. The maximum atomic E-state index is 11.4. The van der Waals surface area contributed by atoms with Crippen molar-refractivity contribution in [3.05, 3.63) is 29.1 Å². The molecule has 6 heteroatoms. The van der Waals surface area contributed by atoms with Crippen molar-refractivity contribution >= 4 is 5.91 Å². The van der Waals surface area contributed by atoms with Crippen LogP contribution in [0.2, 0.25) is 0 Å². The molecule has 4 rings (SSSR count). The number of hydrogen-bond acceptors (Lipinski definition) is 5. The van der Waals surface area contributed by atoms with Crippen LogP contribution in [0.5, 0.6) is 0 Å². The minimum atomic E-state index is -0.494. The zero-order valence-electron chi connectivity index (χ0n) is 11.9. The zero-order chi connectivity index (χ0) is 14.4. The number of carbonyl (C=O) groups excluding carboxylic acids is 1. The van der Waals surface area contributed by atoms with E-state index in [0.29, 0.717) is 17.0 Å². The lowest BCUT2D eigenvalue weighted by atomic mass is 9.61. The molecule has 1 spiro atoms. The van der Waals surface area contributed by atoms with Crippen LogP contribution in [0.15, 0.2) is 12.3 Å². The molecule has 1 aromatic heterocycles. The van der Waals surface area contributed by atoms with E-state index in [0.717, 1.165) is 30.8 Å². The number of aromatic nitrogens is 1. The van der Waals surface area contributed by atoms with Gasteiger partial charge in [-0.3, -0.25) is 19.9 Å². The van der Waals surface area contributed by atoms with Crippen LogP contribution < -0.4 is 10.8 Å². The van der Waals surface area contributed by atoms with Gasteiger partial charge in [0, 0.05) is 38.4 Å². The molecule has 1 aromatic rings. The van der Waals surface area contributed by atoms with Gasteiger partial charge in [0.2, 0.25) is 0 Å². The van der Waals surface area contributed by atoms with Gasteiger partial charge < -0.3 is 5.32 Å². The molecule has 21 heavy (non-hydrogen) atoms. The molecule has 112 valence electrons. The third-order valence-corrected chi connectivity index (χ3v) is 5.30. The van der Waals surface area contributed by atoms with Crippen LogP contribution in [0.25, 0.3) is 0 Å². The van der Waals surface area contributed by atoms with Gasteiger partial charge in [-0.05, 0) is 36.3 Å². The first-order valence-electron chi connectivity index (χ1n) is 7.56. The number of carbonyl (C=O) groups is 1. The average Bonchev–Trinajstić information content (AvgIpc) is 2.43. The second-order valence-electron chi connectivity index (χ2n) is 6.66. The van der Waals surface area contributed by atoms with Crippen molar-refractivity contribution in [2.24, 2.45) is 5.41 Å². The second-order valence-corrected chi connectivity index (χ2v) is 6.66. The third-order valence-electron chi connectivity index (χ3n) is 5.30. The van der Waals surface area contributed by atoms with Gasteiger partial charge in [0.15, 0.2) is 0 Å². The van der Waals surface area contributed by atoms with Crippen molar-refractivity contribution in [2.75, 3.05) is 19.6 Å². The Hall–Kier alpha value is -1.50. The second kappa shape index (κ2) is 4.76. The quantitative estimate of drug-likeness (QED) is 0.539. The number of nitrogens with one attached hydrogen (secondary N) is 2. The molecular weight excluding hydrogens is 268 g/mol. The molecule has 6 nitrogen and oxygen atoms in total. The fraction of sp³-hybridized carbons (Fsp3) is 0.600. The van der Waals surface area contributed by atoms with Gasteiger partial charge in [-0.2, -0.15) is 0 Å². The van der Waals surface area contributed by atoms with Crippen molar-refractivity contribution < 1.29 is 10.0 Å². The van der Waals surface area contributed by atoms with E-state index >= 15 is 0 Å². The Morgan fingerprint density at radius 1 is 1.48 bits per heavy atom. The molecule has 1 aliphatic carbocycles. The largest absolute Gasteiger partial charge is 0.316 e. The number of amides is 1. The van der Waals surface area contributed by atoms with E-state index < -0.39 is 5.91 Å². The van der Waals surface area contributed by atoms with Crippen LogP contribution in [-0.4, -0.2) is 46.7 Å². The van der Waals surface area contributed by atoms with Gasteiger partial charge in [0.1, 0.15) is 0 Å². The topological polar surface area (TPSA) is 77.5 Å². The van der Waals surface area contributed by atoms with Crippen molar-refractivity contribution in [2.45, 2.75) is 31.8 Å². The average molecular weight is 288 g/mol. The highest BCUT2D eigenvalue weighted by atomic mass is 16.5. The highest BCUT2D eigenvalue weighted by Gasteiger charge is 2.50. The first-order chi connectivity index (χ1) is 10.2. The van der Waals surface area contributed by atoms with Crippen molar-refractivity contribution in [1.29, 1.82) is 0 Å². The van der Waals surface area contributed by atoms with Gasteiger partial charge in [-0.15, -0.1) is 0 Å². The maximum absolute atomic E-state index is 11.4. The summed E-state index contributed by atoms with van der Waals surface area (Å²) in [7, 11) is 0. The molecule has 1 saturated carbocycles. The number of hydroxylamine groups is 1. The number of fused-ring (bicyclic) bond motifs is 1. The molecule has 2 fully saturated rings. The third kappa shape index (κ3) is 2.14. The fourth-order valence-corrected chi connectivity index (χ4v) is 3.90. The monoisotopic (exact) mass is 288 g/mol. The zero-order valence-corrected chi connectivity index (χ0v) is 11.9. The molecule has 0 radical (unpaired) electrons. The van der Waals surface area contributed by atoms with E-state index in [2.05, 4.69) is 15.2 Å². The van der Waals surface area contributed by atoms with E-state index in [4.69, 9.17) is 5.21 Å². The highest BCUT2D eigenvalue weighted by Crippen LogP contribution is 2.47. The van der Waals surface area contributed by atoms with E-state index in [9.17, 15) is 4.79 Å². The summed E-state index contributed by atoms with van der Waals surface area (Å²) >= 11 is 0. The Kier molecular flexibility index (Phi) is 2.99. The minimum absolute atomic E-state index is 0.424. The molecule has 0 unspecified atom stereocenters. The SMILES string of the molecule is O=C(NO)c1cnc2c(c1)CCN(C1CC3(CNC3)C1)C2. The van der Waals surface area contributed by atoms with Gasteiger partial charge >= 0.3 is 0 Å². The fourth-order valence-electron chi connectivity index (χ4n) is 3.90. The van der Waals surface area contributed by atoms with Gasteiger partial charge in [-0.25, -0.2) is 5.48 Å². The Balaban J connectivity index is 1.44. The van der Waals surface area contributed by atoms with Crippen LogP contribution >= 0.6 is 0 Å². The van der Waals surface area contributed by atoms with Crippen LogP contribution in [0.1, 0.15) is 34.5 Å². The number of pyridine rings is 1. The molecule has 0 aromatic carbocycles. The summed E-state index contributed by atoms with van der Waals surface area (Å²) < 4.78 is 0. The lowest BCUT2D eigenvalue weighted by Gasteiger charge is -2.57. The summed E-state index contributed by atoms with van der Waals surface area (Å²) in [6.45, 7) is 4.29. The maximum Gasteiger partial charge on any atom is 0.276 e. The van der Waals surface area contributed by atoms with Crippen LogP contribution in [0.3, 0.4) is 0 Å². The summed E-state index contributed by atoms with van der Waals surface area (Å²) in [5, 5.41) is 12.1. The molecule has 3 heterocycles. The first kappa shape index (κ1) is 13.2. The molecule has 1 saturated heterocycles. The minimum Gasteiger partial charge on any atom is -0.316 e. The van der Waals surface area contributed by atoms with Gasteiger partial charge in [-0.1, -0.05) is 0 Å². The molecule has 0 atom stereocenters. The summed E-state index contributed by atoms with van der Waals surface area (Å²) in [5.74, 6) is -0.494. The van der Waals surface area contributed by atoms with Crippen molar-refractivity contribution in [3.63, 3.8) is 0 Å². The standard InChI is InChI=1S/C15H20N4O2/c20-14(18-21)11-3-10-1-2-19(7-13(10)17-6-11)12-4-15(5-12)8-16-9-15/h3,6,12,16,21H,1-2,4-5,7-9H2,(H,18,20). The van der Waals surface area contributed by atoms with E-state index in [1.807, 2.05) is 6.07 Å². The van der Waals surface area contributed by atoms with E-state index in [1.165, 1.54) is 25.9 Å². The van der Waals surface area contributed by atoms with Crippen LogP contribution in [0, 0.1) is 5.41 Å². The van der Waals surface area contributed by atoms with Gasteiger partial charge in [0.25, 0.3) is 5.91 Å². The Morgan fingerprint density at radius 3 is 2.95 bits per heavy atom. The smallest absolute Gasteiger partial charge is 0.276 e. The van der Waals surface area contributed by atoms with Crippen LogP contribution in [0.4, 0.5) is 0 Å². The Labute approximate surface area is 123 Å². The molecular formula is C15H20N4O2. The Morgan fingerprint density at radius 2 is 2.29 bits per heavy atom. The van der Waals surface area contributed by atoms with Gasteiger partial charge in [0.05, 0.1) is 11.3 Å². The van der Waals surface area contributed by atoms with Crippen LogP contribution in [-0.2, 0) is 13.0 Å². The predicted molar refractivity (Wildman–Crippen MR) is 75.9 cm³/mol.